The van der Waals surface area contributed by atoms with Crippen LogP contribution in [-0.4, -0.2) is 61.7 Å². The van der Waals surface area contributed by atoms with E-state index in [2.05, 4.69) is 18.7 Å². The van der Waals surface area contributed by atoms with Crippen molar-refractivity contribution in [2.75, 3.05) is 32.7 Å². The maximum Gasteiger partial charge on any atom is 0.280 e. The Morgan fingerprint density at radius 1 is 0.957 bits per heavy atom. The summed E-state index contributed by atoms with van der Waals surface area (Å²) in [6.45, 7) is 10.6. The zero-order chi connectivity index (χ0) is 16.2. The standard InChI is InChI=1S/C19H35N3O/c1-16-8-4-7-13-22(16)19(23)17(2)20-14-9-18(10-15-20)21-11-5-3-6-12-21/h16-18H,3-15H2,1-2H3/p+2/t16-,17-/m1/s1. The smallest absolute Gasteiger partial charge is 0.280 e. The molecule has 3 heterocycles. The van der Waals surface area contributed by atoms with Gasteiger partial charge in [-0.2, -0.15) is 0 Å². The summed E-state index contributed by atoms with van der Waals surface area (Å²) in [5, 5.41) is 0. The lowest BCUT2D eigenvalue weighted by molar-refractivity contribution is -0.965. The number of quaternary nitrogens is 2. The molecule has 1 amide bonds. The molecule has 132 valence electrons. The van der Waals surface area contributed by atoms with Gasteiger partial charge in [0.2, 0.25) is 0 Å². The normalized spacial score (nSPS) is 35.0. The van der Waals surface area contributed by atoms with Gasteiger partial charge in [-0.05, 0) is 52.4 Å². The Morgan fingerprint density at radius 2 is 1.65 bits per heavy atom. The van der Waals surface area contributed by atoms with E-state index in [1.165, 1.54) is 77.5 Å². The van der Waals surface area contributed by atoms with Crippen LogP contribution in [0.4, 0.5) is 0 Å². The average molecular weight is 324 g/mol. The zero-order valence-electron chi connectivity index (χ0n) is 15.3. The summed E-state index contributed by atoms with van der Waals surface area (Å²) >= 11 is 0. The van der Waals surface area contributed by atoms with Gasteiger partial charge in [0.05, 0.1) is 32.2 Å². The van der Waals surface area contributed by atoms with Crippen LogP contribution in [0.25, 0.3) is 0 Å². The summed E-state index contributed by atoms with van der Waals surface area (Å²) in [4.78, 5) is 18.5. The van der Waals surface area contributed by atoms with Crippen molar-refractivity contribution in [3.8, 4) is 0 Å². The molecule has 4 heteroatoms. The van der Waals surface area contributed by atoms with Crippen molar-refractivity contribution in [3.05, 3.63) is 0 Å². The molecule has 3 saturated heterocycles. The van der Waals surface area contributed by atoms with Gasteiger partial charge >= 0.3 is 0 Å². The lowest BCUT2D eigenvalue weighted by Gasteiger charge is -2.40. The molecule has 2 atom stereocenters. The molecule has 2 N–H and O–H groups in total. The molecule has 23 heavy (non-hydrogen) atoms. The molecule has 0 radical (unpaired) electrons. The summed E-state index contributed by atoms with van der Waals surface area (Å²) in [6, 6.07) is 1.48. The minimum Gasteiger partial charge on any atom is -0.335 e. The number of nitrogens with one attached hydrogen (secondary N) is 2. The van der Waals surface area contributed by atoms with Crippen molar-refractivity contribution in [2.45, 2.75) is 83.3 Å². The Balaban J connectivity index is 1.49. The van der Waals surface area contributed by atoms with Crippen molar-refractivity contribution in [1.82, 2.24) is 4.90 Å². The van der Waals surface area contributed by atoms with E-state index >= 15 is 0 Å². The van der Waals surface area contributed by atoms with Crippen molar-refractivity contribution < 1.29 is 14.6 Å². The number of nitrogens with zero attached hydrogens (tertiary/aromatic N) is 1. The van der Waals surface area contributed by atoms with E-state index in [1.807, 2.05) is 4.90 Å². The van der Waals surface area contributed by atoms with E-state index in [9.17, 15) is 4.79 Å². The third-order valence-electron chi connectivity index (χ3n) is 6.77. The van der Waals surface area contributed by atoms with Gasteiger partial charge in [0.15, 0.2) is 6.04 Å². The first-order valence-electron chi connectivity index (χ1n) is 10.2. The van der Waals surface area contributed by atoms with E-state index in [0.29, 0.717) is 11.9 Å². The zero-order valence-corrected chi connectivity index (χ0v) is 15.3. The first kappa shape index (κ1) is 17.2. The minimum absolute atomic E-state index is 0.160. The quantitative estimate of drug-likeness (QED) is 0.746. The number of hydrogen-bond acceptors (Lipinski definition) is 1. The summed E-state index contributed by atoms with van der Waals surface area (Å²) in [5.74, 6) is 0.413. The molecule has 3 rings (SSSR count). The second kappa shape index (κ2) is 7.98. The van der Waals surface area contributed by atoms with Gasteiger partial charge in [0, 0.05) is 25.4 Å². The predicted molar refractivity (Wildman–Crippen MR) is 92.8 cm³/mol. The van der Waals surface area contributed by atoms with Crippen molar-refractivity contribution in [1.29, 1.82) is 0 Å². The number of piperidine rings is 3. The fourth-order valence-corrected chi connectivity index (χ4v) is 5.09. The largest absolute Gasteiger partial charge is 0.335 e. The lowest BCUT2D eigenvalue weighted by Crippen LogP contribution is -3.22. The monoisotopic (exact) mass is 323 g/mol. The van der Waals surface area contributed by atoms with Crippen LogP contribution in [0.1, 0.15) is 65.2 Å². The molecular formula is C19H37N3O+2. The highest BCUT2D eigenvalue weighted by atomic mass is 16.2. The lowest BCUT2D eigenvalue weighted by atomic mass is 9.98. The molecule has 0 aromatic rings. The molecule has 0 aromatic carbocycles. The maximum atomic E-state index is 12.9. The number of likely N-dealkylation sites (tertiary alicyclic amines) is 3. The maximum absolute atomic E-state index is 12.9. The number of carbonyl (C=O) groups is 1. The van der Waals surface area contributed by atoms with Gasteiger partial charge in [-0.15, -0.1) is 0 Å². The highest BCUT2D eigenvalue weighted by molar-refractivity contribution is 5.80. The van der Waals surface area contributed by atoms with Gasteiger partial charge in [0.25, 0.3) is 5.91 Å². The van der Waals surface area contributed by atoms with Crippen LogP contribution in [0, 0.1) is 0 Å². The Kier molecular flexibility index (Phi) is 5.97. The third-order valence-corrected chi connectivity index (χ3v) is 6.77. The molecule has 3 aliphatic rings. The van der Waals surface area contributed by atoms with E-state index in [4.69, 9.17) is 0 Å². The molecule has 0 bridgehead atoms. The van der Waals surface area contributed by atoms with E-state index in [0.717, 1.165) is 12.6 Å². The summed E-state index contributed by atoms with van der Waals surface area (Å²) in [6.07, 6.45) is 10.6. The molecule has 0 unspecified atom stereocenters. The van der Waals surface area contributed by atoms with Crippen molar-refractivity contribution in [3.63, 3.8) is 0 Å². The fraction of sp³-hybridized carbons (Fsp3) is 0.947. The topological polar surface area (TPSA) is 29.2 Å². The summed E-state index contributed by atoms with van der Waals surface area (Å²) < 4.78 is 0. The van der Waals surface area contributed by atoms with Crippen LogP contribution in [0.5, 0.6) is 0 Å². The summed E-state index contributed by atoms with van der Waals surface area (Å²) in [7, 11) is 0. The van der Waals surface area contributed by atoms with E-state index in [1.54, 1.807) is 4.90 Å². The Hall–Kier alpha value is -0.610. The Morgan fingerprint density at radius 3 is 2.30 bits per heavy atom. The van der Waals surface area contributed by atoms with Crippen molar-refractivity contribution >= 4 is 5.91 Å². The first-order chi connectivity index (χ1) is 11.2. The number of carbonyl (C=O) groups excluding carboxylic acids is 1. The predicted octanol–water partition coefficient (Wildman–Crippen LogP) is -0.108. The number of amides is 1. The Labute approximate surface area is 142 Å². The van der Waals surface area contributed by atoms with Crippen LogP contribution < -0.4 is 9.80 Å². The average Bonchev–Trinajstić information content (AvgIpc) is 2.62. The van der Waals surface area contributed by atoms with E-state index < -0.39 is 0 Å². The van der Waals surface area contributed by atoms with Crippen LogP contribution in [-0.2, 0) is 4.79 Å². The second-order valence-electron chi connectivity index (χ2n) is 8.25. The fourth-order valence-electron chi connectivity index (χ4n) is 5.09. The first-order valence-corrected chi connectivity index (χ1v) is 10.2. The Bertz CT molecular complexity index is 386. The minimum atomic E-state index is 0.160. The molecule has 0 aromatic heterocycles. The molecule has 0 aliphatic carbocycles. The second-order valence-corrected chi connectivity index (χ2v) is 8.25. The molecule has 0 spiro atoms. The third kappa shape index (κ3) is 4.08. The SMILES string of the molecule is C[C@@H]1CCCCN1C(=O)[C@@H](C)[NH+]1CCC([NH+]2CCCCC2)CC1. The van der Waals surface area contributed by atoms with Gasteiger partial charge < -0.3 is 14.7 Å². The molecule has 0 saturated carbocycles. The van der Waals surface area contributed by atoms with Gasteiger partial charge in [-0.3, -0.25) is 4.79 Å². The van der Waals surface area contributed by atoms with E-state index in [-0.39, 0.29) is 6.04 Å². The number of hydrogen-bond donors (Lipinski definition) is 2. The van der Waals surface area contributed by atoms with Gasteiger partial charge in [-0.25, -0.2) is 0 Å². The molecule has 3 fully saturated rings. The molecule has 3 aliphatic heterocycles. The molecule has 4 nitrogen and oxygen atoms in total. The van der Waals surface area contributed by atoms with Crippen LogP contribution in [0.3, 0.4) is 0 Å². The highest BCUT2D eigenvalue weighted by Crippen LogP contribution is 2.17. The van der Waals surface area contributed by atoms with Crippen LogP contribution >= 0.6 is 0 Å². The highest BCUT2D eigenvalue weighted by Gasteiger charge is 2.37. The van der Waals surface area contributed by atoms with Crippen LogP contribution in [0.15, 0.2) is 0 Å². The molecular weight excluding hydrogens is 286 g/mol. The van der Waals surface area contributed by atoms with Crippen molar-refractivity contribution in [2.24, 2.45) is 0 Å². The van der Waals surface area contributed by atoms with Gasteiger partial charge in [0.1, 0.15) is 0 Å². The number of rotatable bonds is 3. The summed E-state index contributed by atoms with van der Waals surface area (Å²) in [5.41, 5.74) is 0. The van der Waals surface area contributed by atoms with Gasteiger partial charge in [-0.1, -0.05) is 0 Å². The van der Waals surface area contributed by atoms with Crippen LogP contribution in [0.2, 0.25) is 0 Å².